The van der Waals surface area contributed by atoms with Gasteiger partial charge in [0.05, 0.1) is 25.7 Å². The number of hydrogen-bond acceptors (Lipinski definition) is 6. The van der Waals surface area contributed by atoms with Gasteiger partial charge in [0.2, 0.25) is 11.7 Å². The summed E-state index contributed by atoms with van der Waals surface area (Å²) >= 11 is 0. The minimum atomic E-state index is -0.611. The van der Waals surface area contributed by atoms with Crippen LogP contribution in [0.25, 0.3) is 11.3 Å². The van der Waals surface area contributed by atoms with Gasteiger partial charge in [-0.25, -0.2) is 0 Å². The molecule has 6 rings (SSSR count). The van der Waals surface area contributed by atoms with Crippen molar-refractivity contribution in [3.63, 3.8) is 0 Å². The van der Waals surface area contributed by atoms with Gasteiger partial charge in [-0.3, -0.25) is 9.59 Å². The average Bonchev–Trinajstić information content (AvgIpc) is 3.30. The van der Waals surface area contributed by atoms with E-state index < -0.39 is 12.0 Å². The topological polar surface area (TPSA) is 81.9 Å². The third-order valence-corrected chi connectivity index (χ3v) is 6.97. The van der Waals surface area contributed by atoms with E-state index in [9.17, 15) is 9.59 Å². The fourth-order valence-corrected chi connectivity index (χ4v) is 5.24. The Labute approximate surface area is 204 Å². The molecule has 2 bridgehead atoms. The molecule has 180 valence electrons. The number of fused-ring (bicyclic) bond motifs is 3. The zero-order chi connectivity index (χ0) is 24.4. The van der Waals surface area contributed by atoms with Gasteiger partial charge < -0.3 is 18.9 Å². The maximum Gasteiger partial charge on any atom is 0.311 e. The number of carbonyl (C=O) groups is 2. The van der Waals surface area contributed by atoms with Crippen LogP contribution in [0, 0.1) is 11.8 Å². The van der Waals surface area contributed by atoms with Crippen molar-refractivity contribution in [2.24, 2.45) is 11.8 Å². The standard InChI is InChI=1S/C28H28N2O5/c1-18-21-16-23(33-2)27(31)26(25(18)20-12-7-4-8-13-20)30(28(21)32)14-9-15-34-24-17-22(29-35-24)19-10-5-3-6-11-19/h3-8,10-13,16-18,21,25-26H,9,14-15H2,1-2H3/t18-,21-,25-,26-/m0/s1. The number of aromatic nitrogens is 1. The highest BCUT2D eigenvalue weighted by atomic mass is 16.6. The molecule has 0 spiro atoms. The summed E-state index contributed by atoms with van der Waals surface area (Å²) < 4.78 is 16.5. The van der Waals surface area contributed by atoms with Gasteiger partial charge >= 0.3 is 5.95 Å². The third kappa shape index (κ3) is 4.34. The van der Waals surface area contributed by atoms with Crippen molar-refractivity contribution in [3.8, 4) is 17.2 Å². The Hall–Kier alpha value is -3.87. The lowest BCUT2D eigenvalue weighted by Crippen LogP contribution is -2.56. The first kappa shape index (κ1) is 22.9. The molecular formula is C28H28N2O5. The molecule has 3 aromatic rings. The minimum absolute atomic E-state index is 0.0235. The molecule has 7 heteroatoms. The largest absolute Gasteiger partial charge is 0.493 e. The van der Waals surface area contributed by atoms with Gasteiger partial charge in [-0.2, -0.15) is 0 Å². The molecule has 0 radical (unpaired) electrons. The summed E-state index contributed by atoms with van der Waals surface area (Å²) in [5.41, 5.74) is 2.69. The van der Waals surface area contributed by atoms with E-state index in [2.05, 4.69) is 5.16 Å². The normalized spacial score (nSPS) is 23.7. The molecule has 35 heavy (non-hydrogen) atoms. The van der Waals surface area contributed by atoms with Crippen molar-refractivity contribution >= 4 is 11.7 Å². The van der Waals surface area contributed by atoms with Crippen molar-refractivity contribution in [3.05, 3.63) is 84.1 Å². The first-order chi connectivity index (χ1) is 17.1. The number of ether oxygens (including phenoxy) is 2. The van der Waals surface area contributed by atoms with Crippen molar-refractivity contribution < 1.29 is 23.6 Å². The molecule has 1 saturated heterocycles. The molecule has 1 aliphatic carbocycles. The lowest BCUT2D eigenvalue weighted by molar-refractivity contribution is -0.148. The van der Waals surface area contributed by atoms with Crippen LogP contribution >= 0.6 is 0 Å². The van der Waals surface area contributed by atoms with Crippen LogP contribution in [0.3, 0.4) is 0 Å². The molecule has 0 saturated carbocycles. The van der Waals surface area contributed by atoms with Crippen LogP contribution in [0.1, 0.15) is 24.8 Å². The monoisotopic (exact) mass is 472 g/mol. The smallest absolute Gasteiger partial charge is 0.311 e. The first-order valence-corrected chi connectivity index (χ1v) is 11.9. The highest BCUT2D eigenvalue weighted by Crippen LogP contribution is 2.45. The molecule has 2 aromatic carbocycles. The first-order valence-electron chi connectivity index (χ1n) is 11.9. The van der Waals surface area contributed by atoms with E-state index >= 15 is 0 Å². The Morgan fingerprint density at radius 3 is 2.46 bits per heavy atom. The van der Waals surface area contributed by atoms with Crippen molar-refractivity contribution in [2.45, 2.75) is 25.3 Å². The third-order valence-electron chi connectivity index (χ3n) is 6.97. The molecule has 1 aromatic heterocycles. The van der Waals surface area contributed by atoms with Gasteiger partial charge in [-0.05, 0) is 24.0 Å². The Bertz CT molecular complexity index is 1220. The zero-order valence-electron chi connectivity index (χ0n) is 19.8. The molecule has 2 aliphatic heterocycles. The van der Waals surface area contributed by atoms with E-state index in [0.717, 1.165) is 11.1 Å². The Balaban J connectivity index is 1.30. The Kier molecular flexibility index (Phi) is 6.40. The summed E-state index contributed by atoms with van der Waals surface area (Å²) in [6.45, 7) is 2.77. The number of benzene rings is 2. The van der Waals surface area contributed by atoms with Gasteiger partial charge in [0.15, 0.2) is 5.76 Å². The van der Waals surface area contributed by atoms with Crippen LogP contribution in [-0.4, -0.2) is 48.1 Å². The summed E-state index contributed by atoms with van der Waals surface area (Å²) in [5.74, 6) is -0.147. The number of carbonyl (C=O) groups excluding carboxylic acids is 2. The van der Waals surface area contributed by atoms with Crippen LogP contribution in [-0.2, 0) is 14.3 Å². The molecule has 3 aliphatic rings. The minimum Gasteiger partial charge on any atom is -0.493 e. The lowest BCUT2D eigenvalue weighted by atomic mass is 9.71. The summed E-state index contributed by atoms with van der Waals surface area (Å²) in [5, 5.41) is 4.06. The van der Waals surface area contributed by atoms with Crippen LogP contribution in [0.4, 0.5) is 0 Å². The number of hydrogen-bond donors (Lipinski definition) is 0. The second kappa shape index (κ2) is 9.78. The number of methoxy groups -OCH3 is 1. The quantitative estimate of drug-likeness (QED) is 0.450. The molecule has 1 fully saturated rings. The van der Waals surface area contributed by atoms with Gasteiger partial charge in [0.25, 0.3) is 0 Å². The van der Waals surface area contributed by atoms with Gasteiger partial charge in [0.1, 0.15) is 11.7 Å². The Morgan fingerprint density at radius 2 is 1.74 bits per heavy atom. The summed E-state index contributed by atoms with van der Waals surface area (Å²) in [6.07, 6.45) is 2.25. The van der Waals surface area contributed by atoms with Gasteiger partial charge in [-0.1, -0.05) is 72.7 Å². The van der Waals surface area contributed by atoms with E-state index in [1.54, 1.807) is 17.0 Å². The van der Waals surface area contributed by atoms with E-state index in [-0.39, 0.29) is 29.3 Å². The van der Waals surface area contributed by atoms with Crippen molar-refractivity contribution in [1.29, 1.82) is 0 Å². The number of rotatable bonds is 8. The fraction of sp³-hybridized carbons (Fsp3) is 0.321. The molecule has 3 heterocycles. The molecular weight excluding hydrogens is 444 g/mol. The molecule has 1 amide bonds. The molecule has 4 atom stereocenters. The second-order valence-electron chi connectivity index (χ2n) is 9.00. The second-order valence-corrected chi connectivity index (χ2v) is 9.00. The highest BCUT2D eigenvalue weighted by molar-refractivity contribution is 6.04. The van der Waals surface area contributed by atoms with Crippen molar-refractivity contribution in [2.75, 3.05) is 20.3 Å². The van der Waals surface area contributed by atoms with Crippen LogP contribution < -0.4 is 4.74 Å². The Morgan fingerprint density at radius 1 is 1.03 bits per heavy atom. The maximum absolute atomic E-state index is 13.5. The van der Waals surface area contributed by atoms with Crippen molar-refractivity contribution in [1.82, 2.24) is 10.1 Å². The summed E-state index contributed by atoms with van der Waals surface area (Å²) in [7, 11) is 1.49. The average molecular weight is 473 g/mol. The number of amides is 1. The zero-order valence-corrected chi connectivity index (χ0v) is 19.8. The van der Waals surface area contributed by atoms with E-state index in [0.29, 0.717) is 31.2 Å². The number of nitrogens with zero attached hydrogens (tertiary/aromatic N) is 2. The summed E-state index contributed by atoms with van der Waals surface area (Å²) in [6, 6.07) is 20.8. The number of ketones is 1. The summed E-state index contributed by atoms with van der Waals surface area (Å²) in [4.78, 5) is 28.6. The maximum atomic E-state index is 13.5. The van der Waals surface area contributed by atoms with E-state index in [1.807, 2.05) is 67.6 Å². The van der Waals surface area contributed by atoms with Crippen LogP contribution in [0.2, 0.25) is 0 Å². The molecule has 7 nitrogen and oxygen atoms in total. The lowest BCUT2D eigenvalue weighted by Gasteiger charge is -2.45. The van der Waals surface area contributed by atoms with E-state index in [1.165, 1.54) is 7.11 Å². The van der Waals surface area contributed by atoms with Crippen LogP contribution in [0.15, 0.2) is 83.1 Å². The van der Waals surface area contributed by atoms with Crippen LogP contribution in [0.5, 0.6) is 5.95 Å². The SMILES string of the molecule is COC1=C[C@@H]2C(=O)N(CCCOc3cc(-c4ccccc4)no3)[C@H](C1=O)[C@H](c1ccccc1)[C@H]2C. The highest BCUT2D eigenvalue weighted by Gasteiger charge is 2.52. The van der Waals surface area contributed by atoms with Gasteiger partial charge in [-0.15, -0.1) is 0 Å². The molecule has 0 N–H and O–H groups in total. The van der Waals surface area contributed by atoms with Gasteiger partial charge in [0, 0.05) is 18.0 Å². The predicted molar refractivity (Wildman–Crippen MR) is 129 cm³/mol. The fourth-order valence-electron chi connectivity index (χ4n) is 5.24. The van der Waals surface area contributed by atoms with E-state index in [4.69, 9.17) is 14.0 Å². The number of piperidine rings is 1. The molecule has 0 unspecified atom stereocenters. The predicted octanol–water partition coefficient (Wildman–Crippen LogP) is 4.47. The number of Topliss-reactive ketones (excluding diaryl/α,β-unsaturated/α-hetero) is 1.